The molecule has 112 valence electrons. The van der Waals surface area contributed by atoms with Gasteiger partial charge in [0.15, 0.2) is 0 Å². The Hall–Kier alpha value is -1.62. The summed E-state index contributed by atoms with van der Waals surface area (Å²) in [5, 5.41) is 7.90. The zero-order valence-electron chi connectivity index (χ0n) is 12.3. The largest absolute Gasteiger partial charge is 0.354 e. The van der Waals surface area contributed by atoms with Gasteiger partial charge in [0, 0.05) is 24.3 Å². The first-order chi connectivity index (χ1) is 10.4. The number of ether oxygens (including phenoxy) is 1. The number of pyridine rings is 1. The van der Waals surface area contributed by atoms with E-state index in [1.165, 1.54) is 38.5 Å². The van der Waals surface area contributed by atoms with Crippen molar-refractivity contribution in [3.63, 3.8) is 0 Å². The maximum Gasteiger partial charge on any atom is 0.146 e. The molecule has 0 spiro atoms. The molecule has 4 rings (SSSR count). The van der Waals surface area contributed by atoms with Gasteiger partial charge in [0.2, 0.25) is 0 Å². The molecule has 2 aliphatic rings. The molecular formula is C16H22N4O. The lowest BCUT2D eigenvalue weighted by Crippen LogP contribution is -2.43. The fourth-order valence-electron chi connectivity index (χ4n) is 3.56. The van der Waals surface area contributed by atoms with E-state index < -0.39 is 0 Å². The number of rotatable bonds is 3. The second-order valence-electron chi connectivity index (χ2n) is 6.12. The Morgan fingerprint density at radius 2 is 1.95 bits per heavy atom. The molecule has 1 aliphatic heterocycles. The van der Waals surface area contributed by atoms with E-state index in [1.54, 1.807) is 0 Å². The molecule has 1 saturated heterocycles. The van der Waals surface area contributed by atoms with Gasteiger partial charge in [-0.3, -0.25) is 9.99 Å². The Kier molecular flexibility index (Phi) is 3.51. The van der Waals surface area contributed by atoms with Crippen molar-refractivity contribution in [1.29, 1.82) is 0 Å². The molecular weight excluding hydrogens is 264 g/mol. The predicted octanol–water partition coefficient (Wildman–Crippen LogP) is 2.84. The van der Waals surface area contributed by atoms with Crippen molar-refractivity contribution in [3.05, 3.63) is 24.7 Å². The molecule has 0 amide bonds. The molecule has 1 atom stereocenters. The van der Waals surface area contributed by atoms with Crippen LogP contribution in [0.4, 0.5) is 0 Å². The van der Waals surface area contributed by atoms with E-state index in [2.05, 4.69) is 15.1 Å². The van der Waals surface area contributed by atoms with E-state index in [0.717, 1.165) is 23.9 Å². The maximum absolute atomic E-state index is 6.39. The lowest BCUT2D eigenvalue weighted by molar-refractivity contribution is -0.0335. The number of aromatic nitrogens is 3. The van der Waals surface area contributed by atoms with Crippen LogP contribution < -0.4 is 5.01 Å². The van der Waals surface area contributed by atoms with Crippen LogP contribution in [-0.4, -0.2) is 33.8 Å². The maximum atomic E-state index is 6.39. The summed E-state index contributed by atoms with van der Waals surface area (Å²) in [6, 6.07) is 2.03. The van der Waals surface area contributed by atoms with Crippen molar-refractivity contribution >= 4 is 10.9 Å². The van der Waals surface area contributed by atoms with Crippen LogP contribution in [0.3, 0.4) is 0 Å². The molecule has 1 aliphatic carbocycles. The van der Waals surface area contributed by atoms with Gasteiger partial charge in [0.1, 0.15) is 6.23 Å². The average molecular weight is 286 g/mol. The van der Waals surface area contributed by atoms with Gasteiger partial charge in [0.25, 0.3) is 0 Å². The third kappa shape index (κ3) is 2.50. The standard InChI is InChI=1S/C16H22N4O/c1-2-5-14(6-3-1)21-16-7-4-10-19(16)20-15-8-9-17-11-13(15)12-18-20/h8-9,11-12,14,16H,1-7,10H2/t16-/m0/s1. The quantitative estimate of drug-likeness (QED) is 0.870. The normalized spacial score (nSPS) is 24.0. The van der Waals surface area contributed by atoms with Crippen molar-refractivity contribution in [1.82, 2.24) is 14.9 Å². The lowest BCUT2D eigenvalue weighted by Gasteiger charge is -2.32. The third-order valence-electron chi connectivity index (χ3n) is 4.67. The van der Waals surface area contributed by atoms with Crippen molar-refractivity contribution in [3.8, 4) is 0 Å². The summed E-state index contributed by atoms with van der Waals surface area (Å²) < 4.78 is 6.39. The van der Waals surface area contributed by atoms with Crippen LogP contribution in [0.25, 0.3) is 10.9 Å². The number of hydrogen-bond acceptors (Lipinski definition) is 4. The number of fused-ring (bicyclic) bond motifs is 1. The van der Waals surface area contributed by atoms with E-state index in [-0.39, 0.29) is 6.23 Å². The minimum atomic E-state index is 0.171. The Labute approximate surface area is 124 Å². The van der Waals surface area contributed by atoms with Crippen LogP contribution in [0.1, 0.15) is 44.9 Å². The molecule has 5 nitrogen and oxygen atoms in total. The van der Waals surface area contributed by atoms with Crippen LogP contribution >= 0.6 is 0 Å². The third-order valence-corrected chi connectivity index (χ3v) is 4.67. The van der Waals surface area contributed by atoms with Crippen molar-refractivity contribution in [2.24, 2.45) is 0 Å². The minimum absolute atomic E-state index is 0.171. The summed E-state index contributed by atoms with van der Waals surface area (Å²) in [4.78, 5) is 6.17. The molecule has 0 N–H and O–H groups in total. The van der Waals surface area contributed by atoms with Crippen molar-refractivity contribution < 1.29 is 4.74 Å². The molecule has 2 aromatic rings. The molecule has 5 heteroatoms. The van der Waals surface area contributed by atoms with Crippen molar-refractivity contribution in [2.75, 3.05) is 11.6 Å². The Morgan fingerprint density at radius 3 is 2.86 bits per heavy atom. The molecule has 0 bridgehead atoms. The predicted molar refractivity (Wildman–Crippen MR) is 81.6 cm³/mol. The smallest absolute Gasteiger partial charge is 0.146 e. The van der Waals surface area contributed by atoms with E-state index in [4.69, 9.17) is 4.74 Å². The first-order valence-corrected chi connectivity index (χ1v) is 8.12. The van der Waals surface area contributed by atoms with Gasteiger partial charge in [-0.25, -0.2) is 0 Å². The molecule has 1 saturated carbocycles. The first kappa shape index (κ1) is 13.1. The van der Waals surface area contributed by atoms with Crippen molar-refractivity contribution in [2.45, 2.75) is 57.3 Å². The molecule has 2 aromatic heterocycles. The zero-order valence-corrected chi connectivity index (χ0v) is 12.3. The zero-order chi connectivity index (χ0) is 14.1. The van der Waals surface area contributed by atoms with Gasteiger partial charge >= 0.3 is 0 Å². The molecule has 0 radical (unpaired) electrons. The molecule has 2 fully saturated rings. The van der Waals surface area contributed by atoms with Gasteiger partial charge in [-0.1, -0.05) is 19.3 Å². The topological polar surface area (TPSA) is 43.2 Å². The summed E-state index contributed by atoms with van der Waals surface area (Å²) in [6.45, 7) is 1.01. The van der Waals surface area contributed by atoms with Gasteiger partial charge in [-0.05, 0) is 31.7 Å². The second-order valence-corrected chi connectivity index (χ2v) is 6.12. The Balaban J connectivity index is 1.55. The first-order valence-electron chi connectivity index (χ1n) is 8.12. The van der Waals surface area contributed by atoms with E-state index >= 15 is 0 Å². The van der Waals surface area contributed by atoms with Crippen LogP contribution in [-0.2, 0) is 4.74 Å². The van der Waals surface area contributed by atoms with Crippen LogP contribution in [0.15, 0.2) is 24.7 Å². The molecule has 21 heavy (non-hydrogen) atoms. The highest BCUT2D eigenvalue weighted by Crippen LogP contribution is 2.26. The summed E-state index contributed by atoms with van der Waals surface area (Å²) in [6.07, 6.45) is 14.9. The van der Waals surface area contributed by atoms with Gasteiger partial charge < -0.3 is 4.74 Å². The van der Waals surface area contributed by atoms with E-state index in [1.807, 2.05) is 29.4 Å². The summed E-state index contributed by atoms with van der Waals surface area (Å²) in [7, 11) is 0. The van der Waals surface area contributed by atoms with Crippen LogP contribution in [0.2, 0.25) is 0 Å². The summed E-state index contributed by atoms with van der Waals surface area (Å²) in [5.41, 5.74) is 1.11. The summed E-state index contributed by atoms with van der Waals surface area (Å²) >= 11 is 0. The molecule has 3 heterocycles. The van der Waals surface area contributed by atoms with Crippen LogP contribution in [0.5, 0.6) is 0 Å². The highest BCUT2D eigenvalue weighted by molar-refractivity contribution is 5.77. The Morgan fingerprint density at radius 1 is 1.05 bits per heavy atom. The highest BCUT2D eigenvalue weighted by atomic mass is 16.5. The number of hydrogen-bond donors (Lipinski definition) is 0. The highest BCUT2D eigenvalue weighted by Gasteiger charge is 2.30. The minimum Gasteiger partial charge on any atom is -0.354 e. The fourth-order valence-corrected chi connectivity index (χ4v) is 3.56. The molecule has 0 aromatic carbocycles. The molecule has 0 unspecified atom stereocenters. The summed E-state index contributed by atoms with van der Waals surface area (Å²) in [5.74, 6) is 0. The van der Waals surface area contributed by atoms with Gasteiger partial charge in [0.05, 0.1) is 17.8 Å². The monoisotopic (exact) mass is 286 g/mol. The van der Waals surface area contributed by atoms with E-state index in [0.29, 0.717) is 6.10 Å². The second kappa shape index (κ2) is 5.64. The average Bonchev–Trinajstić information content (AvgIpc) is 3.14. The van der Waals surface area contributed by atoms with E-state index in [9.17, 15) is 0 Å². The SMILES string of the molecule is c1cc2c(cn1)cnn2N1CCC[C@@H]1OC1CCCCC1. The fraction of sp³-hybridized carbons (Fsp3) is 0.625. The number of nitrogens with zero attached hydrogens (tertiary/aromatic N) is 4. The van der Waals surface area contributed by atoms with Gasteiger partial charge in [-0.2, -0.15) is 9.89 Å². The lowest BCUT2D eigenvalue weighted by atomic mass is 9.98. The van der Waals surface area contributed by atoms with Gasteiger partial charge in [-0.15, -0.1) is 0 Å². The Bertz CT molecular complexity index is 605. The van der Waals surface area contributed by atoms with Crippen LogP contribution in [0, 0.1) is 0 Å².